The van der Waals surface area contributed by atoms with Crippen molar-refractivity contribution in [1.82, 2.24) is 20.2 Å². The van der Waals surface area contributed by atoms with Gasteiger partial charge in [0.25, 0.3) is 0 Å². The molecule has 14 heavy (non-hydrogen) atoms. The van der Waals surface area contributed by atoms with Crippen LogP contribution < -0.4 is 0 Å². The molecule has 2 rings (SSSR count). The fourth-order valence-corrected chi connectivity index (χ4v) is 1.54. The number of aromatic nitrogens is 4. The molecular weight excluding hydrogens is 244 g/mol. The van der Waals surface area contributed by atoms with Gasteiger partial charge in [-0.15, -0.1) is 5.10 Å². The average molecular weight is 253 g/mol. The molecule has 1 aromatic carbocycles. The zero-order valence-corrected chi connectivity index (χ0v) is 9.48. The van der Waals surface area contributed by atoms with Gasteiger partial charge in [-0.3, -0.25) is 0 Å². The normalized spacial score (nSPS) is 10.5. The molecule has 0 aliphatic heterocycles. The Labute approximate surface area is 90.1 Å². The van der Waals surface area contributed by atoms with E-state index in [1.807, 2.05) is 6.07 Å². The van der Waals surface area contributed by atoms with Crippen LogP contribution in [0.2, 0.25) is 0 Å². The molecule has 0 amide bonds. The minimum Gasteiger partial charge on any atom is -0.187 e. The number of hydrogen-bond acceptors (Lipinski definition) is 3. The third-order valence-electron chi connectivity index (χ3n) is 2.17. The summed E-state index contributed by atoms with van der Waals surface area (Å²) >= 11 is 3.27. The van der Waals surface area contributed by atoms with Gasteiger partial charge in [0.15, 0.2) is 0 Å². The fraction of sp³-hybridized carbons (Fsp3) is 0.222. The summed E-state index contributed by atoms with van der Waals surface area (Å²) in [5.41, 5.74) is 3.45. The van der Waals surface area contributed by atoms with Crippen LogP contribution in [-0.2, 0) is 0 Å². The standard InChI is InChI=1S/C9H9BrN4/c1-6-3-4-8(5-7(6)2)14-9(10)11-12-13-14/h3-5H,1-2H3. The lowest BCUT2D eigenvalue weighted by atomic mass is 10.1. The highest BCUT2D eigenvalue weighted by atomic mass is 79.9. The molecular formula is C9H9BrN4. The molecule has 0 saturated heterocycles. The summed E-state index contributed by atoms with van der Waals surface area (Å²) in [6.07, 6.45) is 0. The van der Waals surface area contributed by atoms with Gasteiger partial charge in [-0.1, -0.05) is 6.07 Å². The zero-order chi connectivity index (χ0) is 10.1. The van der Waals surface area contributed by atoms with Crippen LogP contribution in [0.25, 0.3) is 5.69 Å². The number of nitrogens with zero attached hydrogens (tertiary/aromatic N) is 4. The maximum absolute atomic E-state index is 3.87. The Kier molecular flexibility index (Phi) is 2.33. The third-order valence-corrected chi connectivity index (χ3v) is 2.66. The number of benzene rings is 1. The summed E-state index contributed by atoms with van der Waals surface area (Å²) in [4.78, 5) is 0. The van der Waals surface area contributed by atoms with Gasteiger partial charge in [-0.2, -0.15) is 4.68 Å². The molecule has 5 heteroatoms. The largest absolute Gasteiger partial charge is 0.222 e. The van der Waals surface area contributed by atoms with Crippen molar-refractivity contribution in [2.24, 2.45) is 0 Å². The third kappa shape index (κ3) is 1.55. The quantitative estimate of drug-likeness (QED) is 0.781. The molecule has 72 valence electrons. The lowest BCUT2D eigenvalue weighted by Gasteiger charge is -2.04. The molecule has 0 N–H and O–H groups in total. The predicted octanol–water partition coefficient (Wildman–Crippen LogP) is 2.04. The molecule has 0 aliphatic rings. The summed E-state index contributed by atoms with van der Waals surface area (Å²) < 4.78 is 2.26. The van der Waals surface area contributed by atoms with Crippen LogP contribution in [0.3, 0.4) is 0 Å². The number of tetrazole rings is 1. The van der Waals surface area contributed by atoms with E-state index in [4.69, 9.17) is 0 Å². The number of halogens is 1. The molecule has 0 saturated carbocycles. The first-order valence-electron chi connectivity index (χ1n) is 4.20. The molecule has 1 heterocycles. The lowest BCUT2D eigenvalue weighted by molar-refractivity contribution is 0.782. The summed E-state index contributed by atoms with van der Waals surface area (Å²) in [5, 5.41) is 11.2. The van der Waals surface area contributed by atoms with Gasteiger partial charge >= 0.3 is 0 Å². The van der Waals surface area contributed by atoms with E-state index in [0.717, 1.165) is 5.69 Å². The minimum atomic E-state index is 0.612. The summed E-state index contributed by atoms with van der Waals surface area (Å²) in [7, 11) is 0. The van der Waals surface area contributed by atoms with Crippen molar-refractivity contribution in [3.05, 3.63) is 34.1 Å². The van der Waals surface area contributed by atoms with Gasteiger partial charge in [-0.05, 0) is 63.5 Å². The highest BCUT2D eigenvalue weighted by Gasteiger charge is 2.04. The van der Waals surface area contributed by atoms with Crippen LogP contribution in [0, 0.1) is 13.8 Å². The highest BCUT2D eigenvalue weighted by Crippen LogP contribution is 2.15. The van der Waals surface area contributed by atoms with Gasteiger partial charge < -0.3 is 0 Å². The summed E-state index contributed by atoms with van der Waals surface area (Å²) in [6.45, 7) is 4.14. The van der Waals surface area contributed by atoms with E-state index in [9.17, 15) is 0 Å². The first kappa shape index (κ1) is 9.33. The molecule has 0 spiro atoms. The van der Waals surface area contributed by atoms with Gasteiger partial charge in [0.1, 0.15) is 0 Å². The van der Waals surface area contributed by atoms with Gasteiger partial charge in [-0.25, -0.2) is 0 Å². The number of hydrogen-bond donors (Lipinski definition) is 0. The Morgan fingerprint density at radius 1 is 1.21 bits per heavy atom. The molecule has 0 radical (unpaired) electrons. The molecule has 0 unspecified atom stereocenters. The molecule has 1 aromatic heterocycles. The molecule has 2 aromatic rings. The molecule has 0 aliphatic carbocycles. The van der Waals surface area contributed by atoms with E-state index in [-0.39, 0.29) is 0 Å². The number of aryl methyl sites for hydroxylation is 2. The lowest BCUT2D eigenvalue weighted by Crippen LogP contribution is -1.98. The second-order valence-corrected chi connectivity index (χ2v) is 3.84. The Balaban J connectivity index is 2.53. The van der Waals surface area contributed by atoms with Crippen LogP contribution in [0.1, 0.15) is 11.1 Å². The van der Waals surface area contributed by atoms with Crippen molar-refractivity contribution < 1.29 is 0 Å². The first-order chi connectivity index (χ1) is 6.68. The van der Waals surface area contributed by atoms with E-state index < -0.39 is 0 Å². The smallest absolute Gasteiger partial charge is 0.187 e. The van der Waals surface area contributed by atoms with E-state index in [1.165, 1.54) is 11.1 Å². The Hall–Kier alpha value is -1.23. The van der Waals surface area contributed by atoms with Crippen molar-refractivity contribution in [2.45, 2.75) is 13.8 Å². The van der Waals surface area contributed by atoms with Crippen molar-refractivity contribution in [3.8, 4) is 5.69 Å². The fourth-order valence-electron chi connectivity index (χ4n) is 1.19. The first-order valence-corrected chi connectivity index (χ1v) is 4.99. The molecule has 0 bridgehead atoms. The second-order valence-electron chi connectivity index (χ2n) is 3.13. The maximum atomic E-state index is 3.87. The van der Waals surface area contributed by atoms with E-state index >= 15 is 0 Å². The van der Waals surface area contributed by atoms with Gasteiger partial charge in [0.2, 0.25) is 4.73 Å². The van der Waals surface area contributed by atoms with Crippen LogP contribution in [0.4, 0.5) is 0 Å². The van der Waals surface area contributed by atoms with E-state index in [0.29, 0.717) is 4.73 Å². The van der Waals surface area contributed by atoms with Crippen molar-refractivity contribution in [2.75, 3.05) is 0 Å². The van der Waals surface area contributed by atoms with Crippen LogP contribution in [0.5, 0.6) is 0 Å². The van der Waals surface area contributed by atoms with E-state index in [2.05, 4.69) is 57.4 Å². The van der Waals surface area contributed by atoms with Gasteiger partial charge in [0, 0.05) is 0 Å². The Morgan fingerprint density at radius 2 is 2.00 bits per heavy atom. The summed E-state index contributed by atoms with van der Waals surface area (Å²) in [5.74, 6) is 0. The predicted molar refractivity (Wildman–Crippen MR) is 56.3 cm³/mol. The van der Waals surface area contributed by atoms with Crippen molar-refractivity contribution >= 4 is 15.9 Å². The Morgan fingerprint density at radius 3 is 2.57 bits per heavy atom. The van der Waals surface area contributed by atoms with Crippen molar-refractivity contribution in [3.63, 3.8) is 0 Å². The van der Waals surface area contributed by atoms with E-state index in [1.54, 1.807) is 4.68 Å². The Bertz CT molecular complexity index is 464. The molecule has 4 nitrogen and oxygen atoms in total. The maximum Gasteiger partial charge on any atom is 0.222 e. The SMILES string of the molecule is Cc1ccc(-n2nnnc2Br)cc1C. The highest BCUT2D eigenvalue weighted by molar-refractivity contribution is 9.10. The van der Waals surface area contributed by atoms with Crippen molar-refractivity contribution in [1.29, 1.82) is 0 Å². The minimum absolute atomic E-state index is 0.612. The summed E-state index contributed by atoms with van der Waals surface area (Å²) in [6, 6.07) is 6.10. The van der Waals surface area contributed by atoms with Crippen LogP contribution in [-0.4, -0.2) is 20.2 Å². The number of rotatable bonds is 1. The van der Waals surface area contributed by atoms with Crippen LogP contribution in [0.15, 0.2) is 22.9 Å². The van der Waals surface area contributed by atoms with Crippen LogP contribution >= 0.6 is 15.9 Å². The van der Waals surface area contributed by atoms with Gasteiger partial charge in [0.05, 0.1) is 5.69 Å². The average Bonchev–Trinajstić information content (AvgIpc) is 2.57. The molecule has 0 fully saturated rings. The molecule has 0 atom stereocenters. The monoisotopic (exact) mass is 252 g/mol. The topological polar surface area (TPSA) is 43.6 Å². The zero-order valence-electron chi connectivity index (χ0n) is 7.90. The second kappa shape index (κ2) is 3.49.